The first-order chi connectivity index (χ1) is 11.3. The summed E-state index contributed by atoms with van der Waals surface area (Å²) in [4.78, 5) is 14.4. The van der Waals surface area contributed by atoms with Gasteiger partial charge < -0.3 is 10.2 Å². The average Bonchev–Trinajstić information content (AvgIpc) is 2.75. The highest BCUT2D eigenvalue weighted by molar-refractivity contribution is 8.24. The van der Waals surface area contributed by atoms with Crippen LogP contribution >= 0.6 is 35.6 Å². The zero-order valence-corrected chi connectivity index (χ0v) is 16.3. The van der Waals surface area contributed by atoms with Crippen molar-refractivity contribution in [3.63, 3.8) is 0 Å². The van der Waals surface area contributed by atoms with Crippen LogP contribution in [0.4, 0.5) is 10.5 Å². The molecule has 1 atom stereocenters. The van der Waals surface area contributed by atoms with Gasteiger partial charge in [-0.05, 0) is 44.5 Å². The highest BCUT2D eigenvalue weighted by Crippen LogP contribution is 2.42. The van der Waals surface area contributed by atoms with E-state index in [1.165, 1.54) is 11.8 Å². The second-order valence-corrected chi connectivity index (χ2v) is 8.90. The van der Waals surface area contributed by atoms with Crippen LogP contribution in [0.5, 0.6) is 0 Å². The summed E-state index contributed by atoms with van der Waals surface area (Å²) in [7, 11) is 0. The molecule has 2 rings (SSSR count). The Kier molecular flexibility index (Phi) is 6.36. The summed E-state index contributed by atoms with van der Waals surface area (Å²) >= 11 is 12.8. The Hall–Kier alpha value is -1.02. The van der Waals surface area contributed by atoms with E-state index in [2.05, 4.69) is 12.2 Å². The molecular formula is C16H22ClN3O2S2. The maximum absolute atomic E-state index is 12.5. The standard InChI is InChI=1S/C16H22ClN3O2S2/c1-4-5-10-19-13(16(2,3)24-15(19)23)20(22)14(21)18-12-8-6-11(17)7-9-12/h6-9,13,22H,4-5,10H2,1-3H3,(H,18,21). The second-order valence-electron chi connectivity index (χ2n) is 6.17. The zero-order chi connectivity index (χ0) is 17.9. The number of carbonyl (C=O) groups excluding carboxylic acids is 1. The first-order valence-corrected chi connectivity index (χ1v) is 9.41. The van der Waals surface area contributed by atoms with Crippen LogP contribution in [0.3, 0.4) is 0 Å². The number of amides is 2. The molecule has 0 bridgehead atoms. The smallest absolute Gasteiger partial charge is 0.334 e. The van der Waals surface area contributed by atoms with Crippen molar-refractivity contribution in [3.8, 4) is 0 Å². The van der Waals surface area contributed by atoms with E-state index >= 15 is 0 Å². The monoisotopic (exact) mass is 387 g/mol. The number of thiocarbonyl (C=S) groups is 1. The summed E-state index contributed by atoms with van der Waals surface area (Å²) in [6.45, 7) is 6.75. The van der Waals surface area contributed by atoms with Gasteiger partial charge in [-0.3, -0.25) is 5.21 Å². The van der Waals surface area contributed by atoms with E-state index in [4.69, 9.17) is 23.8 Å². The summed E-state index contributed by atoms with van der Waals surface area (Å²) in [5.74, 6) is 0. The number of benzene rings is 1. The molecule has 1 unspecified atom stereocenters. The lowest BCUT2D eigenvalue weighted by atomic mass is 10.1. The van der Waals surface area contributed by atoms with E-state index in [0.29, 0.717) is 21.6 Å². The van der Waals surface area contributed by atoms with Gasteiger partial charge in [-0.2, -0.15) is 5.06 Å². The Balaban J connectivity index is 2.14. The van der Waals surface area contributed by atoms with Crippen molar-refractivity contribution < 1.29 is 10.0 Å². The van der Waals surface area contributed by atoms with Crippen LogP contribution < -0.4 is 5.32 Å². The van der Waals surface area contributed by atoms with Crippen molar-refractivity contribution in [2.75, 3.05) is 11.9 Å². The quantitative estimate of drug-likeness (QED) is 0.431. The molecule has 1 aromatic carbocycles. The van der Waals surface area contributed by atoms with Gasteiger partial charge in [0, 0.05) is 17.3 Å². The molecule has 1 aliphatic rings. The third-order valence-corrected chi connectivity index (χ3v) is 5.67. The van der Waals surface area contributed by atoms with Gasteiger partial charge in [0.05, 0.1) is 4.75 Å². The molecule has 1 aliphatic heterocycles. The van der Waals surface area contributed by atoms with Gasteiger partial charge in [-0.15, -0.1) is 0 Å². The SMILES string of the molecule is CCCCN1C(=S)SC(C)(C)C1N(O)C(=O)Nc1ccc(Cl)cc1. The molecule has 8 heteroatoms. The van der Waals surface area contributed by atoms with Crippen molar-refractivity contribution in [2.45, 2.75) is 44.5 Å². The normalized spacial score (nSPS) is 19.5. The fourth-order valence-corrected chi connectivity index (χ4v) is 4.66. The number of urea groups is 1. The third kappa shape index (κ3) is 4.33. The molecule has 0 aliphatic carbocycles. The van der Waals surface area contributed by atoms with Gasteiger partial charge in [0.1, 0.15) is 10.5 Å². The van der Waals surface area contributed by atoms with E-state index in [-0.39, 0.29) is 0 Å². The highest BCUT2D eigenvalue weighted by Gasteiger charge is 2.49. The van der Waals surface area contributed by atoms with Crippen molar-refractivity contribution in [1.29, 1.82) is 0 Å². The number of carbonyl (C=O) groups is 1. The first-order valence-electron chi connectivity index (χ1n) is 7.80. The minimum absolute atomic E-state index is 0.406. The van der Waals surface area contributed by atoms with Crippen LogP contribution in [0, 0.1) is 0 Å². The number of anilines is 1. The van der Waals surface area contributed by atoms with Gasteiger partial charge in [0.15, 0.2) is 0 Å². The van der Waals surface area contributed by atoms with E-state index in [0.717, 1.165) is 17.9 Å². The maximum atomic E-state index is 12.5. The summed E-state index contributed by atoms with van der Waals surface area (Å²) in [5, 5.41) is 14.5. The fourth-order valence-electron chi connectivity index (χ4n) is 2.61. The lowest BCUT2D eigenvalue weighted by Crippen LogP contribution is -2.55. The van der Waals surface area contributed by atoms with E-state index in [1.54, 1.807) is 24.3 Å². The summed E-state index contributed by atoms with van der Waals surface area (Å²) in [6.07, 6.45) is 1.44. The number of unbranched alkanes of at least 4 members (excludes halogenated alkanes) is 1. The van der Waals surface area contributed by atoms with Crippen molar-refractivity contribution in [1.82, 2.24) is 9.96 Å². The zero-order valence-electron chi connectivity index (χ0n) is 14.0. The third-order valence-electron chi connectivity index (χ3n) is 3.79. The van der Waals surface area contributed by atoms with Gasteiger partial charge in [-0.25, -0.2) is 4.79 Å². The van der Waals surface area contributed by atoms with Crippen molar-refractivity contribution in [2.24, 2.45) is 0 Å². The Bertz CT molecular complexity index is 610. The minimum Gasteiger partial charge on any atom is -0.334 e. The van der Waals surface area contributed by atoms with Gasteiger partial charge in [-0.1, -0.05) is 48.9 Å². The van der Waals surface area contributed by atoms with Crippen molar-refractivity contribution >= 4 is 51.6 Å². The van der Waals surface area contributed by atoms with E-state index in [9.17, 15) is 10.0 Å². The average molecular weight is 388 g/mol. The molecule has 2 amide bonds. The largest absolute Gasteiger partial charge is 0.347 e. The molecule has 24 heavy (non-hydrogen) atoms. The molecule has 1 heterocycles. The van der Waals surface area contributed by atoms with Crippen LogP contribution in [0.2, 0.25) is 5.02 Å². The van der Waals surface area contributed by atoms with Crippen molar-refractivity contribution in [3.05, 3.63) is 29.3 Å². The maximum Gasteiger partial charge on any atom is 0.347 e. The number of hydroxylamine groups is 2. The fraction of sp³-hybridized carbons (Fsp3) is 0.500. The topological polar surface area (TPSA) is 55.8 Å². The second kappa shape index (κ2) is 7.91. The van der Waals surface area contributed by atoms with E-state index < -0.39 is 16.9 Å². The highest BCUT2D eigenvalue weighted by atomic mass is 35.5. The summed E-state index contributed by atoms with van der Waals surface area (Å²) in [5.41, 5.74) is 0.564. The molecule has 1 saturated heterocycles. The predicted octanol–water partition coefficient (Wildman–Crippen LogP) is 4.80. The summed E-state index contributed by atoms with van der Waals surface area (Å²) in [6, 6.07) is 6.13. The van der Waals surface area contributed by atoms with Crippen LogP contribution in [0.15, 0.2) is 24.3 Å². The van der Waals surface area contributed by atoms with Crippen LogP contribution in [0.25, 0.3) is 0 Å². The lowest BCUT2D eigenvalue weighted by molar-refractivity contribution is -0.114. The number of nitrogens with one attached hydrogen (secondary N) is 1. The Morgan fingerprint density at radius 1 is 1.46 bits per heavy atom. The number of thioether (sulfide) groups is 1. The Morgan fingerprint density at radius 2 is 2.08 bits per heavy atom. The molecule has 5 nitrogen and oxygen atoms in total. The molecule has 0 radical (unpaired) electrons. The first kappa shape index (κ1) is 19.3. The molecule has 0 spiro atoms. The summed E-state index contributed by atoms with van der Waals surface area (Å²) < 4.78 is 0.300. The van der Waals surface area contributed by atoms with Gasteiger partial charge in [0.25, 0.3) is 0 Å². The van der Waals surface area contributed by atoms with Crippen LogP contribution in [-0.4, -0.2) is 43.0 Å². The number of nitrogens with zero attached hydrogens (tertiary/aromatic N) is 2. The van der Waals surface area contributed by atoms with Crippen LogP contribution in [-0.2, 0) is 0 Å². The minimum atomic E-state index is -0.595. The molecule has 2 N–H and O–H groups in total. The molecule has 132 valence electrons. The molecular weight excluding hydrogens is 366 g/mol. The number of halogens is 1. The molecule has 1 fully saturated rings. The molecule has 0 aromatic heterocycles. The number of rotatable bonds is 5. The molecule has 1 aromatic rings. The Labute approximate surface area is 157 Å². The Morgan fingerprint density at radius 3 is 2.67 bits per heavy atom. The predicted molar refractivity (Wildman–Crippen MR) is 104 cm³/mol. The van der Waals surface area contributed by atoms with Gasteiger partial charge >= 0.3 is 6.03 Å². The lowest BCUT2D eigenvalue weighted by Gasteiger charge is -2.36. The van der Waals surface area contributed by atoms with Gasteiger partial charge in [0.2, 0.25) is 0 Å². The number of hydrogen-bond acceptors (Lipinski definition) is 4. The van der Waals surface area contributed by atoms with Crippen LogP contribution in [0.1, 0.15) is 33.6 Å². The number of hydrogen-bond donors (Lipinski definition) is 2. The molecule has 0 saturated carbocycles. The van der Waals surface area contributed by atoms with E-state index in [1.807, 2.05) is 18.7 Å².